The maximum atomic E-state index is 11.6. The summed E-state index contributed by atoms with van der Waals surface area (Å²) in [7, 11) is 0. The Morgan fingerprint density at radius 1 is 0.970 bits per heavy atom. The molecule has 1 aromatic rings. The van der Waals surface area contributed by atoms with Gasteiger partial charge in [0.1, 0.15) is 11.4 Å². The predicted molar refractivity (Wildman–Crippen MR) is 136 cm³/mol. The lowest BCUT2D eigenvalue weighted by atomic mass is 9.84. The predicted octanol–water partition coefficient (Wildman–Crippen LogP) is 8.44. The Bertz CT molecular complexity index is 804. The van der Waals surface area contributed by atoms with Crippen LogP contribution in [-0.4, -0.2) is 15.6 Å². The number of hydrogen-bond donors (Lipinski definition) is 1. The van der Waals surface area contributed by atoms with Gasteiger partial charge < -0.3 is 9.84 Å². The van der Waals surface area contributed by atoms with Gasteiger partial charge >= 0.3 is 5.69 Å². The van der Waals surface area contributed by atoms with Crippen LogP contribution >= 0.6 is 0 Å². The van der Waals surface area contributed by atoms with Gasteiger partial charge in [-0.3, -0.25) is 10.1 Å². The van der Waals surface area contributed by atoms with Crippen LogP contribution in [0.25, 0.3) is 0 Å². The lowest BCUT2D eigenvalue weighted by Gasteiger charge is -2.37. The van der Waals surface area contributed by atoms with E-state index < -0.39 is 4.92 Å². The van der Waals surface area contributed by atoms with Crippen LogP contribution in [0.1, 0.15) is 116 Å². The number of nitrogens with zero attached hydrogens (tertiary/aromatic N) is 1. The number of hydrogen-bond acceptors (Lipinski definition) is 4. The third-order valence-electron chi connectivity index (χ3n) is 7.75. The fourth-order valence-corrected chi connectivity index (χ4v) is 5.23. The first-order valence-corrected chi connectivity index (χ1v) is 13.1. The van der Waals surface area contributed by atoms with Crippen molar-refractivity contribution < 1.29 is 14.8 Å². The van der Waals surface area contributed by atoms with Crippen LogP contribution in [-0.2, 0) is 6.42 Å². The van der Waals surface area contributed by atoms with Crippen molar-refractivity contribution in [3.63, 3.8) is 0 Å². The van der Waals surface area contributed by atoms with Crippen molar-refractivity contribution in [1.29, 1.82) is 0 Å². The van der Waals surface area contributed by atoms with E-state index in [4.69, 9.17) is 4.74 Å². The number of phenols is 1. The molecule has 1 heterocycles. The molecule has 0 amide bonds. The molecular weight excluding hydrogens is 414 g/mol. The van der Waals surface area contributed by atoms with Crippen LogP contribution in [0.2, 0.25) is 0 Å². The van der Waals surface area contributed by atoms with E-state index in [0.29, 0.717) is 29.2 Å². The van der Waals surface area contributed by atoms with Crippen LogP contribution in [0.5, 0.6) is 11.5 Å². The Labute approximate surface area is 201 Å². The van der Waals surface area contributed by atoms with Gasteiger partial charge in [0, 0.05) is 5.56 Å². The normalized spacial score (nSPS) is 19.8. The summed E-state index contributed by atoms with van der Waals surface area (Å²) in [5.74, 6) is 2.77. The summed E-state index contributed by atoms with van der Waals surface area (Å²) in [6.45, 7) is 15.1. The third-order valence-corrected chi connectivity index (χ3v) is 7.75. The molecule has 0 spiro atoms. The zero-order chi connectivity index (χ0) is 24.8. The molecule has 188 valence electrons. The first-order valence-electron chi connectivity index (χ1n) is 13.1. The summed E-state index contributed by atoms with van der Waals surface area (Å²) >= 11 is 0. The largest absolute Gasteiger partial charge is 0.502 e. The van der Waals surface area contributed by atoms with E-state index in [0.717, 1.165) is 36.7 Å². The average Bonchev–Trinajstić information content (AvgIpc) is 2.72. The van der Waals surface area contributed by atoms with Gasteiger partial charge in [-0.2, -0.15) is 0 Å². The van der Waals surface area contributed by atoms with E-state index in [2.05, 4.69) is 34.6 Å². The third kappa shape index (κ3) is 7.61. The summed E-state index contributed by atoms with van der Waals surface area (Å²) in [5.41, 5.74) is 1.42. The number of rotatable bonds is 13. The van der Waals surface area contributed by atoms with Gasteiger partial charge in [-0.1, -0.05) is 72.6 Å². The average molecular weight is 462 g/mol. The summed E-state index contributed by atoms with van der Waals surface area (Å²) in [4.78, 5) is 11.1. The van der Waals surface area contributed by atoms with Crippen LogP contribution in [0.4, 0.5) is 5.69 Å². The molecule has 0 aromatic heterocycles. The minimum absolute atomic E-state index is 0.179. The summed E-state index contributed by atoms with van der Waals surface area (Å²) in [5, 5.41) is 21.9. The van der Waals surface area contributed by atoms with E-state index in [1.54, 1.807) is 6.92 Å². The Balaban J connectivity index is 1.82. The molecule has 1 aliphatic heterocycles. The Morgan fingerprint density at radius 3 is 2.06 bits per heavy atom. The fraction of sp³-hybridized carbons (Fsp3) is 0.786. The molecule has 0 fully saturated rings. The van der Waals surface area contributed by atoms with Crippen molar-refractivity contribution in [3.05, 3.63) is 26.8 Å². The molecule has 0 bridgehead atoms. The first-order chi connectivity index (χ1) is 15.4. The number of benzene rings is 1. The summed E-state index contributed by atoms with van der Waals surface area (Å²) in [6, 6.07) is 0. The van der Waals surface area contributed by atoms with Crippen molar-refractivity contribution in [3.8, 4) is 11.5 Å². The van der Waals surface area contributed by atoms with Crippen molar-refractivity contribution in [2.24, 2.45) is 17.8 Å². The van der Waals surface area contributed by atoms with E-state index in [9.17, 15) is 15.2 Å². The molecule has 0 aliphatic carbocycles. The number of fused-ring (bicyclic) bond motifs is 1. The Kier molecular flexibility index (Phi) is 10.1. The highest BCUT2D eigenvalue weighted by atomic mass is 16.6. The minimum atomic E-state index is -0.473. The van der Waals surface area contributed by atoms with Gasteiger partial charge in [-0.05, 0) is 69.8 Å². The number of nitro groups is 1. The second kappa shape index (κ2) is 12.1. The fourth-order valence-electron chi connectivity index (χ4n) is 5.23. The second-order valence-corrected chi connectivity index (χ2v) is 11.4. The zero-order valence-electron chi connectivity index (χ0n) is 22.1. The molecule has 1 N–H and O–H groups in total. The standard InChI is InChI=1S/C28H47NO4/c1-19(2)11-8-12-20(3)13-9-14-21(4)15-10-17-28(7)18-16-24-25(29(31)32)26(30)22(5)23(6)27(24)33-28/h19-21,30H,8-18H2,1-7H3. The lowest BCUT2D eigenvalue weighted by molar-refractivity contribution is -0.386. The number of ether oxygens (including phenoxy) is 1. The second-order valence-electron chi connectivity index (χ2n) is 11.4. The molecule has 3 unspecified atom stereocenters. The SMILES string of the molecule is Cc1c(C)c2c(c([N+](=O)[O-])c1O)CCC(C)(CCCC(C)CCCC(C)CCCC(C)C)O2. The molecular formula is C28H47NO4. The molecule has 5 heteroatoms. The zero-order valence-corrected chi connectivity index (χ0v) is 22.1. The maximum Gasteiger partial charge on any atom is 0.317 e. The highest BCUT2D eigenvalue weighted by Gasteiger charge is 2.38. The number of phenolic OH excluding ortho intramolecular Hbond substituents is 1. The highest BCUT2D eigenvalue weighted by Crippen LogP contribution is 2.48. The van der Waals surface area contributed by atoms with Gasteiger partial charge in [0.25, 0.3) is 0 Å². The summed E-state index contributed by atoms with van der Waals surface area (Å²) in [6.07, 6.45) is 12.6. The molecule has 1 aromatic carbocycles. The minimum Gasteiger partial charge on any atom is -0.502 e. The van der Waals surface area contributed by atoms with Crippen molar-refractivity contribution >= 4 is 5.69 Å². The van der Waals surface area contributed by atoms with Crippen LogP contribution in [0.15, 0.2) is 0 Å². The van der Waals surface area contributed by atoms with Crippen molar-refractivity contribution in [2.45, 2.75) is 125 Å². The van der Waals surface area contributed by atoms with Gasteiger partial charge in [0.2, 0.25) is 0 Å². The van der Waals surface area contributed by atoms with Gasteiger partial charge in [-0.25, -0.2) is 0 Å². The lowest BCUT2D eigenvalue weighted by Crippen LogP contribution is -2.37. The maximum absolute atomic E-state index is 11.6. The number of aromatic hydroxyl groups is 1. The monoisotopic (exact) mass is 461 g/mol. The van der Waals surface area contributed by atoms with Crippen molar-refractivity contribution in [2.75, 3.05) is 0 Å². The van der Waals surface area contributed by atoms with Crippen LogP contribution in [0, 0.1) is 41.7 Å². The van der Waals surface area contributed by atoms with Gasteiger partial charge in [0.15, 0.2) is 5.75 Å². The smallest absolute Gasteiger partial charge is 0.317 e. The molecule has 0 saturated heterocycles. The van der Waals surface area contributed by atoms with E-state index in [-0.39, 0.29) is 17.0 Å². The molecule has 3 atom stereocenters. The molecule has 5 nitrogen and oxygen atoms in total. The van der Waals surface area contributed by atoms with Crippen molar-refractivity contribution in [1.82, 2.24) is 0 Å². The van der Waals surface area contributed by atoms with Crippen LogP contribution in [0.3, 0.4) is 0 Å². The molecule has 0 saturated carbocycles. The Hall–Kier alpha value is -1.78. The summed E-state index contributed by atoms with van der Waals surface area (Å²) < 4.78 is 6.41. The topological polar surface area (TPSA) is 72.6 Å². The first kappa shape index (κ1) is 27.5. The van der Waals surface area contributed by atoms with E-state index in [1.165, 1.54) is 44.9 Å². The molecule has 1 aliphatic rings. The van der Waals surface area contributed by atoms with E-state index in [1.807, 2.05) is 6.92 Å². The van der Waals surface area contributed by atoms with Gasteiger partial charge in [0.05, 0.1) is 10.5 Å². The quantitative estimate of drug-likeness (QED) is 0.236. The van der Waals surface area contributed by atoms with E-state index >= 15 is 0 Å². The molecule has 2 rings (SSSR count). The van der Waals surface area contributed by atoms with Crippen LogP contribution < -0.4 is 4.74 Å². The van der Waals surface area contributed by atoms with Gasteiger partial charge in [-0.15, -0.1) is 0 Å². The number of nitro benzene ring substituents is 1. The molecule has 0 radical (unpaired) electrons. The Morgan fingerprint density at radius 2 is 1.52 bits per heavy atom. The highest BCUT2D eigenvalue weighted by molar-refractivity contribution is 5.66. The molecule has 33 heavy (non-hydrogen) atoms.